The first-order valence-electron chi connectivity index (χ1n) is 8.39. The van der Waals surface area contributed by atoms with Crippen LogP contribution in [-0.2, 0) is 4.79 Å². The minimum atomic E-state index is -0.567. The van der Waals surface area contributed by atoms with E-state index < -0.39 is 6.04 Å². The van der Waals surface area contributed by atoms with Crippen molar-refractivity contribution in [3.8, 4) is 5.75 Å². The van der Waals surface area contributed by atoms with Gasteiger partial charge in [0, 0.05) is 33.0 Å². The van der Waals surface area contributed by atoms with Crippen LogP contribution in [0, 0.1) is 0 Å². The van der Waals surface area contributed by atoms with Crippen LogP contribution in [0.5, 0.6) is 5.75 Å². The van der Waals surface area contributed by atoms with Gasteiger partial charge in [-0.25, -0.2) is 0 Å². The predicted octanol–water partition coefficient (Wildman–Crippen LogP) is 1.69. The van der Waals surface area contributed by atoms with Gasteiger partial charge in [0.15, 0.2) is 0 Å². The molecule has 136 valence electrons. The zero-order valence-electron chi connectivity index (χ0n) is 15.1. The van der Waals surface area contributed by atoms with Crippen LogP contribution in [0.25, 0.3) is 0 Å². The van der Waals surface area contributed by atoms with Crippen molar-refractivity contribution in [2.45, 2.75) is 12.5 Å². The van der Waals surface area contributed by atoms with Gasteiger partial charge in [0.2, 0.25) is 5.91 Å². The summed E-state index contributed by atoms with van der Waals surface area (Å²) in [5, 5.41) is 2.84. The summed E-state index contributed by atoms with van der Waals surface area (Å²) in [5.74, 6) is 0.190. The summed E-state index contributed by atoms with van der Waals surface area (Å²) in [6, 6.07) is 8.57. The Labute approximate surface area is 152 Å². The molecular weight excluding hydrogens is 332 g/mol. The van der Waals surface area contributed by atoms with Gasteiger partial charge in [-0.3, -0.25) is 14.6 Å². The Bertz CT molecular complexity index is 822. The molecule has 0 saturated carbocycles. The van der Waals surface area contributed by atoms with E-state index in [1.54, 1.807) is 24.3 Å². The quantitative estimate of drug-likeness (QED) is 0.884. The monoisotopic (exact) mass is 354 g/mol. The van der Waals surface area contributed by atoms with Crippen LogP contribution < -0.4 is 19.9 Å². The van der Waals surface area contributed by atoms with Crippen molar-refractivity contribution < 1.29 is 14.3 Å². The molecule has 1 aliphatic rings. The molecule has 1 aliphatic heterocycles. The molecule has 7 heteroatoms. The molecule has 26 heavy (non-hydrogen) atoms. The van der Waals surface area contributed by atoms with Gasteiger partial charge in [-0.15, -0.1) is 0 Å². The molecular formula is C19H22N4O3. The molecule has 1 fully saturated rings. The fourth-order valence-electron chi connectivity index (χ4n) is 3.09. The zero-order valence-corrected chi connectivity index (χ0v) is 15.1. The third-order valence-electron chi connectivity index (χ3n) is 4.41. The molecule has 1 N–H and O–H groups in total. The van der Waals surface area contributed by atoms with Gasteiger partial charge in [0.1, 0.15) is 11.8 Å². The van der Waals surface area contributed by atoms with Gasteiger partial charge < -0.3 is 19.9 Å². The molecule has 1 aromatic heterocycles. The summed E-state index contributed by atoms with van der Waals surface area (Å²) in [5.41, 5.74) is 1.91. The van der Waals surface area contributed by atoms with Crippen molar-refractivity contribution in [3.05, 3.63) is 48.3 Å². The fraction of sp³-hybridized carbons (Fsp3) is 0.316. The number of nitrogens with zero attached hydrogens (tertiary/aromatic N) is 3. The Hall–Kier alpha value is -3.09. The third kappa shape index (κ3) is 3.33. The lowest BCUT2D eigenvalue weighted by Crippen LogP contribution is -2.42. The van der Waals surface area contributed by atoms with E-state index in [9.17, 15) is 9.59 Å². The first-order valence-corrected chi connectivity index (χ1v) is 8.39. The van der Waals surface area contributed by atoms with Gasteiger partial charge in [-0.1, -0.05) is 12.1 Å². The maximum Gasteiger partial charge on any atom is 0.255 e. The summed E-state index contributed by atoms with van der Waals surface area (Å²) in [4.78, 5) is 33.0. The lowest BCUT2D eigenvalue weighted by Gasteiger charge is -2.20. The van der Waals surface area contributed by atoms with E-state index in [4.69, 9.17) is 4.74 Å². The van der Waals surface area contributed by atoms with Gasteiger partial charge in [0.25, 0.3) is 5.91 Å². The van der Waals surface area contributed by atoms with Crippen molar-refractivity contribution in [1.29, 1.82) is 0 Å². The number of pyridine rings is 1. The standard InChI is InChI=1S/C19H22N4O3/c1-22(2)15-8-10-20-12-13(15)18(24)21-14-9-11-23(19(14)25)16-6-4-5-7-17(16)26-3/h4-8,10,12,14H,9,11H2,1-3H3,(H,21,24). The average molecular weight is 354 g/mol. The second-order valence-electron chi connectivity index (χ2n) is 6.26. The molecule has 0 bridgehead atoms. The topological polar surface area (TPSA) is 74.8 Å². The van der Waals surface area contributed by atoms with Crippen LogP contribution in [0.15, 0.2) is 42.7 Å². The number of rotatable bonds is 5. The highest BCUT2D eigenvalue weighted by molar-refractivity contribution is 6.06. The number of anilines is 2. The average Bonchev–Trinajstić information content (AvgIpc) is 3.01. The SMILES string of the molecule is COc1ccccc1N1CCC(NC(=O)c2cnccc2N(C)C)C1=O. The molecule has 0 spiro atoms. The van der Waals surface area contributed by atoms with E-state index in [1.807, 2.05) is 43.3 Å². The predicted molar refractivity (Wildman–Crippen MR) is 99.8 cm³/mol. The molecule has 2 heterocycles. The highest BCUT2D eigenvalue weighted by Gasteiger charge is 2.35. The molecule has 3 rings (SSSR count). The number of amides is 2. The van der Waals surface area contributed by atoms with Gasteiger partial charge in [0.05, 0.1) is 24.0 Å². The van der Waals surface area contributed by atoms with Gasteiger partial charge in [-0.05, 0) is 24.6 Å². The molecule has 1 unspecified atom stereocenters. The number of carbonyl (C=O) groups excluding carboxylic acids is 2. The summed E-state index contributed by atoms with van der Waals surface area (Å²) in [7, 11) is 5.29. The van der Waals surface area contributed by atoms with Crippen molar-refractivity contribution in [2.24, 2.45) is 0 Å². The van der Waals surface area contributed by atoms with Crippen LogP contribution in [0.4, 0.5) is 11.4 Å². The van der Waals surface area contributed by atoms with Gasteiger partial charge >= 0.3 is 0 Å². The first-order chi connectivity index (χ1) is 12.5. The molecule has 1 atom stereocenters. The second-order valence-corrected chi connectivity index (χ2v) is 6.26. The number of aromatic nitrogens is 1. The minimum absolute atomic E-state index is 0.141. The summed E-state index contributed by atoms with van der Waals surface area (Å²) >= 11 is 0. The van der Waals surface area contributed by atoms with Crippen molar-refractivity contribution in [2.75, 3.05) is 37.5 Å². The number of hydrogen-bond donors (Lipinski definition) is 1. The highest BCUT2D eigenvalue weighted by Crippen LogP contribution is 2.31. The van der Waals surface area contributed by atoms with Crippen LogP contribution in [0.2, 0.25) is 0 Å². The smallest absolute Gasteiger partial charge is 0.255 e. The molecule has 2 amide bonds. The van der Waals surface area contributed by atoms with Crippen LogP contribution in [0.1, 0.15) is 16.8 Å². The second kappa shape index (κ2) is 7.43. The van der Waals surface area contributed by atoms with Crippen LogP contribution in [0.3, 0.4) is 0 Å². The Morgan fingerprint density at radius 1 is 1.31 bits per heavy atom. The van der Waals surface area contributed by atoms with E-state index in [0.29, 0.717) is 30.0 Å². The summed E-state index contributed by atoms with van der Waals surface area (Å²) in [6.45, 7) is 0.526. The molecule has 2 aromatic rings. The minimum Gasteiger partial charge on any atom is -0.495 e. The van der Waals surface area contributed by atoms with E-state index in [2.05, 4.69) is 10.3 Å². The number of carbonyl (C=O) groups is 2. The van der Waals surface area contributed by atoms with E-state index in [0.717, 1.165) is 5.69 Å². The number of nitrogens with one attached hydrogen (secondary N) is 1. The van der Waals surface area contributed by atoms with E-state index in [1.165, 1.54) is 6.20 Å². The maximum absolute atomic E-state index is 12.8. The Balaban J connectivity index is 1.76. The number of hydrogen-bond acceptors (Lipinski definition) is 5. The largest absolute Gasteiger partial charge is 0.495 e. The lowest BCUT2D eigenvalue weighted by atomic mass is 10.1. The first kappa shape index (κ1) is 17.7. The van der Waals surface area contributed by atoms with Crippen molar-refractivity contribution >= 4 is 23.2 Å². The normalized spacial score (nSPS) is 16.5. The number of ether oxygens (including phenoxy) is 1. The Morgan fingerprint density at radius 3 is 2.81 bits per heavy atom. The lowest BCUT2D eigenvalue weighted by molar-refractivity contribution is -0.118. The number of para-hydroxylation sites is 2. The molecule has 1 aromatic carbocycles. The fourth-order valence-corrected chi connectivity index (χ4v) is 3.09. The van der Waals surface area contributed by atoms with E-state index >= 15 is 0 Å². The van der Waals surface area contributed by atoms with Crippen LogP contribution >= 0.6 is 0 Å². The van der Waals surface area contributed by atoms with Gasteiger partial charge in [-0.2, -0.15) is 0 Å². The third-order valence-corrected chi connectivity index (χ3v) is 4.41. The molecule has 1 saturated heterocycles. The zero-order chi connectivity index (χ0) is 18.7. The summed E-state index contributed by atoms with van der Waals surface area (Å²) in [6.07, 6.45) is 3.69. The Kier molecular flexibility index (Phi) is 5.06. The highest BCUT2D eigenvalue weighted by atomic mass is 16.5. The van der Waals surface area contributed by atoms with E-state index in [-0.39, 0.29) is 11.8 Å². The summed E-state index contributed by atoms with van der Waals surface area (Å²) < 4.78 is 5.34. The van der Waals surface area contributed by atoms with Crippen LogP contribution in [-0.4, -0.2) is 50.6 Å². The molecule has 0 radical (unpaired) electrons. The van der Waals surface area contributed by atoms with Crippen molar-refractivity contribution in [1.82, 2.24) is 10.3 Å². The molecule has 0 aliphatic carbocycles. The molecule has 7 nitrogen and oxygen atoms in total. The number of methoxy groups -OCH3 is 1. The number of benzene rings is 1. The van der Waals surface area contributed by atoms with Crippen molar-refractivity contribution in [3.63, 3.8) is 0 Å². The maximum atomic E-state index is 12.8. The Morgan fingerprint density at radius 2 is 2.08 bits per heavy atom.